The molecule has 1 fully saturated rings. The number of ether oxygens (including phenoxy) is 1. The second-order valence-electron chi connectivity index (χ2n) is 6.33. The van der Waals surface area contributed by atoms with Crippen LogP contribution in [0.15, 0.2) is 24.3 Å². The van der Waals surface area contributed by atoms with Crippen molar-refractivity contribution in [3.8, 4) is 0 Å². The molecular weight excluding hydrogens is 318 g/mol. The summed E-state index contributed by atoms with van der Waals surface area (Å²) >= 11 is 0. The van der Waals surface area contributed by atoms with Crippen molar-refractivity contribution in [1.29, 1.82) is 0 Å². The first kappa shape index (κ1) is 19.1. The average Bonchev–Trinajstić information content (AvgIpc) is 2.61. The van der Waals surface area contributed by atoms with E-state index in [2.05, 4.69) is 30.1 Å². The Morgan fingerprint density at radius 2 is 1.92 bits per heavy atom. The van der Waals surface area contributed by atoms with Crippen LogP contribution >= 0.6 is 0 Å². The van der Waals surface area contributed by atoms with Gasteiger partial charge in [0, 0.05) is 31.4 Å². The number of nitrogens with zero attached hydrogens (tertiary/aromatic N) is 2. The molecule has 1 N–H and O–H groups in total. The van der Waals surface area contributed by atoms with Crippen LogP contribution in [-0.4, -0.2) is 55.7 Å². The number of aryl methyl sites for hydroxylation is 1. The van der Waals surface area contributed by atoms with Gasteiger partial charge < -0.3 is 19.9 Å². The Hall–Kier alpha value is -2.24. The van der Waals surface area contributed by atoms with Gasteiger partial charge in [-0.2, -0.15) is 0 Å². The second-order valence-corrected chi connectivity index (χ2v) is 6.33. The second kappa shape index (κ2) is 9.30. The standard InChI is InChI=1S/C19H29N3O3/c1-4-21(17-9-7-6-8-15(17)3)14-18(23)20-16-10-12-22(13-11-16)19(24)25-5-2/h6-9,16H,4-5,10-14H2,1-3H3,(H,20,23). The fourth-order valence-corrected chi connectivity index (χ4v) is 3.15. The number of hydrogen-bond donors (Lipinski definition) is 1. The van der Waals surface area contributed by atoms with E-state index < -0.39 is 0 Å². The Balaban J connectivity index is 1.82. The number of piperidine rings is 1. The minimum Gasteiger partial charge on any atom is -0.450 e. The van der Waals surface area contributed by atoms with E-state index in [0.717, 1.165) is 25.1 Å². The molecule has 1 aliphatic heterocycles. The fourth-order valence-electron chi connectivity index (χ4n) is 3.15. The summed E-state index contributed by atoms with van der Waals surface area (Å²) < 4.78 is 5.02. The third kappa shape index (κ3) is 5.37. The van der Waals surface area contributed by atoms with Crippen LogP contribution in [-0.2, 0) is 9.53 Å². The number of anilines is 1. The van der Waals surface area contributed by atoms with Crippen LogP contribution in [0.2, 0.25) is 0 Å². The van der Waals surface area contributed by atoms with Crippen LogP contribution in [0.4, 0.5) is 10.5 Å². The maximum atomic E-state index is 12.4. The molecule has 0 unspecified atom stereocenters. The maximum absolute atomic E-state index is 12.4. The molecule has 1 heterocycles. The fraction of sp³-hybridized carbons (Fsp3) is 0.579. The Labute approximate surface area is 150 Å². The molecule has 1 aliphatic rings. The summed E-state index contributed by atoms with van der Waals surface area (Å²) in [5, 5.41) is 3.10. The van der Waals surface area contributed by atoms with Crippen LogP contribution < -0.4 is 10.2 Å². The predicted octanol–water partition coefficient (Wildman–Crippen LogP) is 2.56. The van der Waals surface area contributed by atoms with Crippen molar-refractivity contribution >= 4 is 17.7 Å². The minimum atomic E-state index is -0.260. The normalized spacial score (nSPS) is 14.9. The van der Waals surface area contributed by atoms with Gasteiger partial charge in [-0.1, -0.05) is 18.2 Å². The smallest absolute Gasteiger partial charge is 0.409 e. The number of amides is 2. The van der Waals surface area contributed by atoms with E-state index in [1.807, 2.05) is 18.2 Å². The first-order valence-corrected chi connectivity index (χ1v) is 9.06. The molecule has 2 rings (SSSR count). The van der Waals surface area contributed by atoms with E-state index in [0.29, 0.717) is 26.2 Å². The van der Waals surface area contributed by atoms with Crippen LogP contribution in [0.3, 0.4) is 0 Å². The number of benzene rings is 1. The van der Waals surface area contributed by atoms with E-state index in [1.54, 1.807) is 11.8 Å². The Bertz CT molecular complexity index is 583. The summed E-state index contributed by atoms with van der Waals surface area (Å²) in [6, 6.07) is 8.22. The highest BCUT2D eigenvalue weighted by atomic mass is 16.6. The van der Waals surface area contributed by atoms with Gasteiger partial charge in [-0.05, 0) is 45.2 Å². The summed E-state index contributed by atoms with van der Waals surface area (Å²) in [5.41, 5.74) is 2.26. The molecule has 25 heavy (non-hydrogen) atoms. The average molecular weight is 347 g/mol. The van der Waals surface area contributed by atoms with Gasteiger partial charge >= 0.3 is 6.09 Å². The van der Waals surface area contributed by atoms with Crippen LogP contribution in [0.1, 0.15) is 32.3 Å². The third-order valence-corrected chi connectivity index (χ3v) is 4.56. The molecule has 1 saturated heterocycles. The van der Waals surface area contributed by atoms with E-state index in [-0.39, 0.29) is 18.0 Å². The lowest BCUT2D eigenvalue weighted by Crippen LogP contribution is -2.49. The summed E-state index contributed by atoms with van der Waals surface area (Å²) in [7, 11) is 0. The summed E-state index contributed by atoms with van der Waals surface area (Å²) in [4.78, 5) is 27.9. The molecular formula is C19H29N3O3. The van der Waals surface area contributed by atoms with E-state index in [1.165, 1.54) is 5.56 Å². The van der Waals surface area contributed by atoms with Crippen LogP contribution in [0.5, 0.6) is 0 Å². The van der Waals surface area contributed by atoms with Crippen molar-refractivity contribution in [3.63, 3.8) is 0 Å². The zero-order valence-electron chi connectivity index (χ0n) is 15.5. The predicted molar refractivity (Wildman–Crippen MR) is 98.8 cm³/mol. The first-order chi connectivity index (χ1) is 12.0. The largest absolute Gasteiger partial charge is 0.450 e. The van der Waals surface area contributed by atoms with Crippen LogP contribution in [0, 0.1) is 6.92 Å². The SMILES string of the molecule is CCOC(=O)N1CCC(NC(=O)CN(CC)c2ccccc2C)CC1. The van der Waals surface area contributed by atoms with Gasteiger partial charge in [0.15, 0.2) is 0 Å². The van der Waals surface area contributed by atoms with Gasteiger partial charge in [0.05, 0.1) is 13.2 Å². The minimum absolute atomic E-state index is 0.0275. The monoisotopic (exact) mass is 347 g/mol. The number of para-hydroxylation sites is 1. The molecule has 0 bridgehead atoms. The van der Waals surface area contributed by atoms with E-state index >= 15 is 0 Å². The highest BCUT2D eigenvalue weighted by Crippen LogP contribution is 2.19. The van der Waals surface area contributed by atoms with Crippen molar-refractivity contribution < 1.29 is 14.3 Å². The van der Waals surface area contributed by atoms with Gasteiger partial charge in [-0.25, -0.2) is 4.79 Å². The number of rotatable bonds is 6. The van der Waals surface area contributed by atoms with Crippen molar-refractivity contribution in [1.82, 2.24) is 10.2 Å². The Morgan fingerprint density at radius 1 is 1.24 bits per heavy atom. The van der Waals surface area contributed by atoms with Gasteiger partial charge in [-0.3, -0.25) is 4.79 Å². The van der Waals surface area contributed by atoms with Gasteiger partial charge in [0.1, 0.15) is 0 Å². The Morgan fingerprint density at radius 3 is 2.52 bits per heavy atom. The molecule has 1 aromatic carbocycles. The van der Waals surface area contributed by atoms with Gasteiger partial charge in [-0.15, -0.1) is 0 Å². The topological polar surface area (TPSA) is 61.9 Å². The number of carbonyl (C=O) groups is 2. The van der Waals surface area contributed by atoms with E-state index in [9.17, 15) is 9.59 Å². The molecule has 0 aliphatic carbocycles. The summed E-state index contributed by atoms with van der Waals surface area (Å²) in [5.74, 6) is 0.0275. The zero-order chi connectivity index (χ0) is 18.2. The molecule has 138 valence electrons. The lowest BCUT2D eigenvalue weighted by molar-refractivity contribution is -0.120. The zero-order valence-corrected chi connectivity index (χ0v) is 15.5. The quantitative estimate of drug-likeness (QED) is 0.859. The highest BCUT2D eigenvalue weighted by Gasteiger charge is 2.25. The lowest BCUT2D eigenvalue weighted by atomic mass is 10.1. The lowest BCUT2D eigenvalue weighted by Gasteiger charge is -2.32. The van der Waals surface area contributed by atoms with Gasteiger partial charge in [0.2, 0.25) is 5.91 Å². The van der Waals surface area contributed by atoms with Crippen molar-refractivity contribution in [3.05, 3.63) is 29.8 Å². The molecule has 0 aromatic heterocycles. The molecule has 2 amide bonds. The molecule has 6 heteroatoms. The summed E-state index contributed by atoms with van der Waals surface area (Å²) in [6.45, 7) is 8.68. The molecule has 0 radical (unpaired) electrons. The number of likely N-dealkylation sites (N-methyl/N-ethyl adjacent to an activating group) is 1. The third-order valence-electron chi connectivity index (χ3n) is 4.56. The van der Waals surface area contributed by atoms with Crippen molar-refractivity contribution in [2.75, 3.05) is 37.7 Å². The van der Waals surface area contributed by atoms with Crippen LogP contribution in [0.25, 0.3) is 0 Å². The maximum Gasteiger partial charge on any atom is 0.409 e. The van der Waals surface area contributed by atoms with Crippen molar-refractivity contribution in [2.24, 2.45) is 0 Å². The number of hydrogen-bond acceptors (Lipinski definition) is 4. The molecule has 0 spiro atoms. The molecule has 6 nitrogen and oxygen atoms in total. The summed E-state index contributed by atoms with van der Waals surface area (Å²) in [6.07, 6.45) is 1.27. The Kier molecular flexibility index (Phi) is 7.10. The number of carbonyl (C=O) groups excluding carboxylic acids is 2. The van der Waals surface area contributed by atoms with Gasteiger partial charge in [0.25, 0.3) is 0 Å². The van der Waals surface area contributed by atoms with E-state index in [4.69, 9.17) is 4.74 Å². The number of nitrogens with one attached hydrogen (secondary N) is 1. The molecule has 0 atom stereocenters. The molecule has 0 saturated carbocycles. The first-order valence-electron chi connectivity index (χ1n) is 9.06. The molecule has 1 aromatic rings. The number of likely N-dealkylation sites (tertiary alicyclic amines) is 1. The van der Waals surface area contributed by atoms with Crippen molar-refractivity contribution in [2.45, 2.75) is 39.7 Å². The highest BCUT2D eigenvalue weighted by molar-refractivity contribution is 5.82.